The fraction of sp³-hybridized carbons (Fsp3) is 0.471. The molecule has 3 N–H and O–H groups in total. The van der Waals surface area contributed by atoms with Crippen LogP contribution in [0.3, 0.4) is 0 Å². The van der Waals surface area contributed by atoms with Crippen molar-refractivity contribution in [2.24, 2.45) is 10.7 Å². The molecule has 1 aromatic heterocycles. The van der Waals surface area contributed by atoms with Crippen molar-refractivity contribution in [2.45, 2.75) is 32.5 Å². The molecule has 0 amide bonds. The maximum atomic E-state index is 5.96. The van der Waals surface area contributed by atoms with Crippen LogP contribution in [0, 0.1) is 13.8 Å². The number of nitrogens with one attached hydrogen (secondary N) is 1. The molecule has 1 fully saturated rings. The molecule has 8 nitrogen and oxygen atoms in total. The predicted molar refractivity (Wildman–Crippen MR) is 95.5 cm³/mol. The number of benzene rings is 1. The zero-order chi connectivity index (χ0) is 17.8. The number of aromatic nitrogens is 3. The lowest BCUT2D eigenvalue weighted by molar-refractivity contribution is 0.0661. The van der Waals surface area contributed by atoms with Gasteiger partial charge in [-0.15, -0.1) is 5.10 Å². The topological polar surface area (TPSA) is 99.6 Å². The molecule has 3 rings (SSSR count). The number of anilines is 1. The molecule has 0 bridgehead atoms. The number of hydrogen-bond donors (Lipinski definition) is 2. The highest BCUT2D eigenvalue weighted by atomic mass is 16.5. The van der Waals surface area contributed by atoms with Crippen molar-refractivity contribution >= 4 is 11.6 Å². The molecule has 1 aliphatic rings. The number of aryl methyl sites for hydroxylation is 2. The maximum absolute atomic E-state index is 5.96. The average Bonchev–Trinajstić information content (AvgIpc) is 3.24. The van der Waals surface area contributed by atoms with Crippen molar-refractivity contribution in [3.05, 3.63) is 41.2 Å². The van der Waals surface area contributed by atoms with Gasteiger partial charge in [0.1, 0.15) is 17.8 Å². The Morgan fingerprint density at radius 3 is 3.00 bits per heavy atom. The van der Waals surface area contributed by atoms with Crippen molar-refractivity contribution in [3.8, 4) is 0 Å². The fourth-order valence-electron chi connectivity index (χ4n) is 2.72. The van der Waals surface area contributed by atoms with Gasteiger partial charge in [-0.2, -0.15) is 0 Å². The van der Waals surface area contributed by atoms with Gasteiger partial charge < -0.3 is 20.5 Å². The van der Waals surface area contributed by atoms with Gasteiger partial charge in [0, 0.05) is 12.8 Å². The summed E-state index contributed by atoms with van der Waals surface area (Å²) in [6.07, 6.45) is 1.85. The van der Waals surface area contributed by atoms with Crippen LogP contribution in [0.15, 0.2) is 29.4 Å². The lowest BCUT2D eigenvalue weighted by Gasteiger charge is -2.15. The standard InChI is InChI=1S/C17H24N6O2/c1-11-4-5-13(6-12(11)2)20-17(18)19-7-14-8-23(22-21-14)15-9-25-10-16(15)24-3/h4-6,8,15-16H,7,9-10H2,1-3H3,(H3,18,19,20)/t15-,16-/m1/s1. The third-order valence-corrected chi connectivity index (χ3v) is 4.39. The van der Waals surface area contributed by atoms with E-state index in [1.54, 1.807) is 11.8 Å². The Morgan fingerprint density at radius 1 is 1.40 bits per heavy atom. The normalized spacial score (nSPS) is 20.8. The van der Waals surface area contributed by atoms with Gasteiger partial charge in [0.05, 0.1) is 26.0 Å². The SMILES string of the molecule is CO[C@@H]1COC[C@H]1n1cc(CN=C(N)Nc2ccc(C)c(C)c2)nn1. The Kier molecular flexibility index (Phi) is 5.30. The Hall–Kier alpha value is -2.45. The van der Waals surface area contributed by atoms with E-state index in [1.807, 2.05) is 24.4 Å². The highest BCUT2D eigenvalue weighted by molar-refractivity contribution is 5.92. The molecule has 2 aromatic rings. The third-order valence-electron chi connectivity index (χ3n) is 4.39. The lowest BCUT2D eigenvalue weighted by atomic mass is 10.1. The highest BCUT2D eigenvalue weighted by Crippen LogP contribution is 2.21. The van der Waals surface area contributed by atoms with Crippen molar-refractivity contribution in [2.75, 3.05) is 25.6 Å². The second-order valence-corrected chi connectivity index (χ2v) is 6.19. The van der Waals surface area contributed by atoms with Crippen LogP contribution in [0.5, 0.6) is 0 Å². The smallest absolute Gasteiger partial charge is 0.193 e. The zero-order valence-electron chi connectivity index (χ0n) is 14.8. The first-order valence-corrected chi connectivity index (χ1v) is 8.22. The van der Waals surface area contributed by atoms with Crippen LogP contribution in [0.1, 0.15) is 22.9 Å². The summed E-state index contributed by atoms with van der Waals surface area (Å²) in [6.45, 7) is 5.63. The Morgan fingerprint density at radius 2 is 2.24 bits per heavy atom. The Balaban J connectivity index is 1.60. The molecule has 25 heavy (non-hydrogen) atoms. The van der Waals surface area contributed by atoms with Gasteiger partial charge in [-0.05, 0) is 37.1 Å². The van der Waals surface area contributed by atoms with E-state index in [1.165, 1.54) is 11.1 Å². The number of ether oxygens (including phenoxy) is 2. The van der Waals surface area contributed by atoms with E-state index in [0.29, 0.717) is 25.7 Å². The molecule has 0 radical (unpaired) electrons. The first-order chi connectivity index (χ1) is 12.1. The fourth-order valence-corrected chi connectivity index (χ4v) is 2.72. The molecule has 1 aliphatic heterocycles. The second kappa shape index (κ2) is 7.62. The third kappa shape index (κ3) is 4.15. The summed E-state index contributed by atoms with van der Waals surface area (Å²) in [5, 5.41) is 11.4. The number of methoxy groups -OCH3 is 1. The van der Waals surface area contributed by atoms with E-state index in [0.717, 1.165) is 11.4 Å². The van der Waals surface area contributed by atoms with Crippen molar-refractivity contribution in [1.29, 1.82) is 0 Å². The number of nitrogens with zero attached hydrogens (tertiary/aromatic N) is 4. The summed E-state index contributed by atoms with van der Waals surface area (Å²) in [7, 11) is 1.67. The van der Waals surface area contributed by atoms with Crippen molar-refractivity contribution in [3.63, 3.8) is 0 Å². The molecule has 1 aromatic carbocycles. The van der Waals surface area contributed by atoms with Gasteiger partial charge in [-0.25, -0.2) is 9.67 Å². The van der Waals surface area contributed by atoms with E-state index in [-0.39, 0.29) is 12.1 Å². The molecule has 2 heterocycles. The predicted octanol–water partition coefficient (Wildman–Crippen LogP) is 1.41. The van der Waals surface area contributed by atoms with Gasteiger partial charge in [0.25, 0.3) is 0 Å². The minimum absolute atomic E-state index is 0.00503. The van der Waals surface area contributed by atoms with Crippen LogP contribution in [-0.4, -0.2) is 47.4 Å². The number of hydrogen-bond acceptors (Lipinski definition) is 5. The van der Waals surface area contributed by atoms with E-state index >= 15 is 0 Å². The van der Waals surface area contributed by atoms with Crippen molar-refractivity contribution in [1.82, 2.24) is 15.0 Å². The van der Waals surface area contributed by atoms with Gasteiger partial charge >= 0.3 is 0 Å². The molecule has 8 heteroatoms. The van der Waals surface area contributed by atoms with Gasteiger partial charge in [-0.3, -0.25) is 0 Å². The lowest BCUT2D eigenvalue weighted by Crippen LogP contribution is -2.24. The van der Waals surface area contributed by atoms with Gasteiger partial charge in [0.2, 0.25) is 0 Å². The molecule has 2 atom stereocenters. The van der Waals surface area contributed by atoms with E-state index in [9.17, 15) is 0 Å². The van der Waals surface area contributed by atoms with Gasteiger partial charge in [-0.1, -0.05) is 11.3 Å². The van der Waals surface area contributed by atoms with E-state index < -0.39 is 0 Å². The first kappa shape index (κ1) is 17.4. The summed E-state index contributed by atoms with van der Waals surface area (Å²) < 4.78 is 12.6. The number of aliphatic imine (C=N–C) groups is 1. The Bertz CT molecular complexity index is 757. The number of rotatable bonds is 5. The second-order valence-electron chi connectivity index (χ2n) is 6.19. The van der Waals surface area contributed by atoms with Crippen LogP contribution in [0.25, 0.3) is 0 Å². The van der Waals surface area contributed by atoms with Crippen LogP contribution in [0.2, 0.25) is 0 Å². The summed E-state index contributed by atoms with van der Waals surface area (Å²) in [6, 6.07) is 6.11. The molecular formula is C17H24N6O2. The van der Waals surface area contributed by atoms with E-state index in [4.69, 9.17) is 15.2 Å². The minimum Gasteiger partial charge on any atom is -0.377 e. The molecule has 0 saturated carbocycles. The quantitative estimate of drug-likeness (QED) is 0.628. The molecule has 134 valence electrons. The maximum Gasteiger partial charge on any atom is 0.193 e. The first-order valence-electron chi connectivity index (χ1n) is 8.22. The van der Waals surface area contributed by atoms with Crippen LogP contribution in [0.4, 0.5) is 5.69 Å². The monoisotopic (exact) mass is 344 g/mol. The van der Waals surface area contributed by atoms with Gasteiger partial charge in [0.15, 0.2) is 5.96 Å². The molecule has 0 spiro atoms. The molecule has 0 aliphatic carbocycles. The number of guanidine groups is 1. The van der Waals surface area contributed by atoms with Crippen LogP contribution in [-0.2, 0) is 16.0 Å². The van der Waals surface area contributed by atoms with Crippen molar-refractivity contribution < 1.29 is 9.47 Å². The molecule has 1 saturated heterocycles. The van der Waals surface area contributed by atoms with Crippen LogP contribution < -0.4 is 11.1 Å². The average molecular weight is 344 g/mol. The van der Waals surface area contributed by atoms with E-state index in [2.05, 4.69) is 34.5 Å². The summed E-state index contributed by atoms with van der Waals surface area (Å²) in [5.41, 5.74) is 10.1. The molecule has 0 unspecified atom stereocenters. The minimum atomic E-state index is -0.00503. The summed E-state index contributed by atoms with van der Waals surface area (Å²) in [5.74, 6) is 0.344. The Labute approximate surface area is 147 Å². The summed E-state index contributed by atoms with van der Waals surface area (Å²) >= 11 is 0. The summed E-state index contributed by atoms with van der Waals surface area (Å²) in [4.78, 5) is 4.33. The highest BCUT2D eigenvalue weighted by Gasteiger charge is 2.30. The molecular weight excluding hydrogens is 320 g/mol. The zero-order valence-corrected chi connectivity index (χ0v) is 14.8. The largest absolute Gasteiger partial charge is 0.377 e. The van der Waals surface area contributed by atoms with Crippen LogP contribution >= 0.6 is 0 Å². The number of nitrogens with two attached hydrogens (primary N) is 1.